The Morgan fingerprint density at radius 3 is 2.42 bits per heavy atom. The van der Waals surface area contributed by atoms with Crippen LogP contribution >= 0.6 is 0 Å². The first-order chi connectivity index (χ1) is 11.2. The van der Waals surface area contributed by atoms with Crippen molar-refractivity contribution in [3.05, 3.63) is 18.2 Å². The van der Waals surface area contributed by atoms with Crippen molar-refractivity contribution in [2.75, 3.05) is 0 Å². The van der Waals surface area contributed by atoms with Gasteiger partial charge >= 0.3 is 5.97 Å². The number of nitrogens with zero attached hydrogens (tertiary/aromatic N) is 1. The van der Waals surface area contributed by atoms with Gasteiger partial charge in [-0.3, -0.25) is 9.59 Å². The van der Waals surface area contributed by atoms with Crippen LogP contribution in [0, 0.1) is 5.92 Å². The minimum atomic E-state index is -1.11. The number of carboxylic acid groups (broad SMARTS) is 1. The topological polar surface area (TPSA) is 150 Å². The maximum absolute atomic E-state index is 12.1. The normalized spacial score (nSPS) is 14.7. The average Bonchev–Trinajstić information content (AvgIpc) is 2.98. The Morgan fingerprint density at radius 1 is 1.25 bits per heavy atom. The number of hydrogen-bond donors (Lipinski definition) is 5. The molecule has 9 heteroatoms. The predicted octanol–water partition coefficient (Wildman–Crippen LogP) is -0.600. The molecule has 1 aromatic heterocycles. The highest BCUT2D eigenvalue weighted by atomic mass is 16.4. The first-order valence-electron chi connectivity index (χ1n) is 7.77. The van der Waals surface area contributed by atoms with Gasteiger partial charge in [-0.25, -0.2) is 9.78 Å². The fraction of sp³-hybridized carbons (Fsp3) is 0.600. The van der Waals surface area contributed by atoms with Crippen molar-refractivity contribution in [3.8, 4) is 0 Å². The van der Waals surface area contributed by atoms with E-state index in [0.717, 1.165) is 0 Å². The number of imidazole rings is 1. The summed E-state index contributed by atoms with van der Waals surface area (Å²) in [7, 11) is 0. The maximum Gasteiger partial charge on any atom is 0.326 e. The summed E-state index contributed by atoms with van der Waals surface area (Å²) in [5.74, 6) is -2.06. The number of aliphatic carboxylic acids is 1. The van der Waals surface area contributed by atoms with E-state index in [1.165, 1.54) is 13.3 Å². The van der Waals surface area contributed by atoms with Gasteiger partial charge in [0.25, 0.3) is 0 Å². The smallest absolute Gasteiger partial charge is 0.326 e. The van der Waals surface area contributed by atoms with E-state index < -0.39 is 35.9 Å². The SMILES string of the molecule is CC(C)C[C@H](NC(=O)[C@H](C)NC(=O)[C@@H](N)Cc1cnc[nH]1)C(=O)O. The molecule has 1 rings (SSSR count). The molecule has 0 aromatic carbocycles. The van der Waals surface area contributed by atoms with Gasteiger partial charge in [0.1, 0.15) is 12.1 Å². The van der Waals surface area contributed by atoms with Gasteiger partial charge in [-0.15, -0.1) is 0 Å². The Bertz CT molecular complexity index is 558. The zero-order valence-corrected chi connectivity index (χ0v) is 14.1. The van der Waals surface area contributed by atoms with E-state index in [1.54, 1.807) is 6.20 Å². The molecular formula is C15H25N5O4. The van der Waals surface area contributed by atoms with E-state index in [9.17, 15) is 14.4 Å². The van der Waals surface area contributed by atoms with Gasteiger partial charge in [-0.05, 0) is 19.3 Å². The second kappa shape index (κ2) is 9.02. The van der Waals surface area contributed by atoms with Gasteiger partial charge in [0.05, 0.1) is 12.4 Å². The van der Waals surface area contributed by atoms with Crippen LogP contribution in [-0.4, -0.2) is 51.0 Å². The molecule has 0 unspecified atom stereocenters. The molecule has 0 saturated heterocycles. The third-order valence-electron chi connectivity index (χ3n) is 3.41. The molecule has 0 radical (unpaired) electrons. The molecule has 0 saturated carbocycles. The minimum absolute atomic E-state index is 0.110. The summed E-state index contributed by atoms with van der Waals surface area (Å²) >= 11 is 0. The summed E-state index contributed by atoms with van der Waals surface area (Å²) in [4.78, 5) is 41.9. The molecule has 0 fully saturated rings. The number of carboxylic acids is 1. The minimum Gasteiger partial charge on any atom is -0.480 e. The van der Waals surface area contributed by atoms with Crippen molar-refractivity contribution in [2.45, 2.75) is 51.7 Å². The van der Waals surface area contributed by atoms with Crippen molar-refractivity contribution in [1.29, 1.82) is 0 Å². The lowest BCUT2D eigenvalue weighted by Gasteiger charge is -2.21. The number of rotatable bonds is 9. The van der Waals surface area contributed by atoms with Gasteiger partial charge in [-0.1, -0.05) is 13.8 Å². The largest absolute Gasteiger partial charge is 0.480 e. The first-order valence-corrected chi connectivity index (χ1v) is 7.77. The number of nitrogens with one attached hydrogen (secondary N) is 3. The van der Waals surface area contributed by atoms with E-state index in [-0.39, 0.29) is 12.3 Å². The molecule has 134 valence electrons. The van der Waals surface area contributed by atoms with E-state index in [4.69, 9.17) is 10.8 Å². The number of aromatic amines is 1. The lowest BCUT2D eigenvalue weighted by atomic mass is 10.0. The highest BCUT2D eigenvalue weighted by Crippen LogP contribution is 2.05. The Morgan fingerprint density at radius 2 is 1.92 bits per heavy atom. The fourth-order valence-corrected chi connectivity index (χ4v) is 2.10. The standard InChI is InChI=1S/C15H25N5O4/c1-8(2)4-12(15(23)24)20-13(21)9(3)19-14(22)11(16)5-10-6-17-7-18-10/h6-9,11-12H,4-5,16H2,1-3H3,(H,17,18)(H,19,22)(H,20,21)(H,23,24)/t9-,11-,12-/m0/s1. The van der Waals surface area contributed by atoms with Crippen molar-refractivity contribution in [2.24, 2.45) is 11.7 Å². The highest BCUT2D eigenvalue weighted by Gasteiger charge is 2.25. The van der Waals surface area contributed by atoms with Crippen molar-refractivity contribution < 1.29 is 19.5 Å². The molecule has 1 aromatic rings. The van der Waals surface area contributed by atoms with Gasteiger partial charge in [-0.2, -0.15) is 0 Å². The Kier molecular flexibility index (Phi) is 7.37. The maximum atomic E-state index is 12.1. The number of H-pyrrole nitrogens is 1. The van der Waals surface area contributed by atoms with Crippen LogP contribution in [0.3, 0.4) is 0 Å². The van der Waals surface area contributed by atoms with Crippen molar-refractivity contribution in [1.82, 2.24) is 20.6 Å². The molecule has 2 amide bonds. The molecule has 0 aliphatic heterocycles. The third kappa shape index (κ3) is 6.37. The molecule has 0 aliphatic carbocycles. The molecule has 9 nitrogen and oxygen atoms in total. The fourth-order valence-electron chi connectivity index (χ4n) is 2.10. The molecule has 24 heavy (non-hydrogen) atoms. The zero-order chi connectivity index (χ0) is 18.3. The summed E-state index contributed by atoms with van der Waals surface area (Å²) in [5, 5.41) is 14.0. The summed E-state index contributed by atoms with van der Waals surface area (Å²) in [6.07, 6.45) is 3.61. The van der Waals surface area contributed by atoms with Crippen LogP contribution in [-0.2, 0) is 20.8 Å². The van der Waals surface area contributed by atoms with Crippen LogP contribution in [0.25, 0.3) is 0 Å². The van der Waals surface area contributed by atoms with Crippen LogP contribution in [0.1, 0.15) is 32.9 Å². The van der Waals surface area contributed by atoms with Gasteiger partial charge in [0, 0.05) is 18.3 Å². The molecule has 3 atom stereocenters. The van der Waals surface area contributed by atoms with Crippen LogP contribution in [0.2, 0.25) is 0 Å². The van der Waals surface area contributed by atoms with Crippen LogP contribution in [0.4, 0.5) is 0 Å². The van der Waals surface area contributed by atoms with E-state index in [1.807, 2.05) is 13.8 Å². The van der Waals surface area contributed by atoms with Crippen LogP contribution in [0.15, 0.2) is 12.5 Å². The molecule has 6 N–H and O–H groups in total. The van der Waals surface area contributed by atoms with Gasteiger partial charge in [0.2, 0.25) is 11.8 Å². The summed E-state index contributed by atoms with van der Waals surface area (Å²) in [5.41, 5.74) is 6.49. The van der Waals surface area contributed by atoms with Crippen LogP contribution in [0.5, 0.6) is 0 Å². The number of hydrogen-bond acceptors (Lipinski definition) is 5. The molecule has 0 spiro atoms. The van der Waals surface area contributed by atoms with E-state index in [2.05, 4.69) is 20.6 Å². The average molecular weight is 339 g/mol. The Labute approximate surface area is 140 Å². The molecular weight excluding hydrogens is 314 g/mol. The second-order valence-electron chi connectivity index (χ2n) is 6.15. The zero-order valence-electron chi connectivity index (χ0n) is 14.1. The highest BCUT2D eigenvalue weighted by molar-refractivity contribution is 5.91. The Balaban J connectivity index is 2.52. The first kappa shape index (κ1) is 19.6. The number of carbonyl (C=O) groups is 3. The molecule has 0 aliphatic rings. The third-order valence-corrected chi connectivity index (χ3v) is 3.41. The van der Waals surface area contributed by atoms with Crippen molar-refractivity contribution in [3.63, 3.8) is 0 Å². The van der Waals surface area contributed by atoms with Gasteiger partial charge < -0.3 is 26.5 Å². The number of aromatic nitrogens is 2. The molecule has 0 bridgehead atoms. The van der Waals surface area contributed by atoms with Crippen LogP contribution < -0.4 is 16.4 Å². The Hall–Kier alpha value is -2.42. The number of amides is 2. The summed E-state index contributed by atoms with van der Waals surface area (Å²) in [6, 6.07) is -2.72. The predicted molar refractivity (Wildman–Crippen MR) is 86.9 cm³/mol. The molecule has 1 heterocycles. The van der Waals surface area contributed by atoms with Gasteiger partial charge in [0.15, 0.2) is 0 Å². The van der Waals surface area contributed by atoms with E-state index >= 15 is 0 Å². The second-order valence-corrected chi connectivity index (χ2v) is 6.15. The van der Waals surface area contributed by atoms with E-state index in [0.29, 0.717) is 12.1 Å². The number of carbonyl (C=O) groups excluding carboxylic acids is 2. The summed E-state index contributed by atoms with van der Waals surface area (Å²) in [6.45, 7) is 5.20. The summed E-state index contributed by atoms with van der Waals surface area (Å²) < 4.78 is 0. The lowest BCUT2D eigenvalue weighted by Crippen LogP contribution is -2.53. The quantitative estimate of drug-likeness (QED) is 0.405. The number of nitrogens with two attached hydrogens (primary N) is 1. The lowest BCUT2D eigenvalue weighted by molar-refractivity contribution is -0.142. The van der Waals surface area contributed by atoms with Crippen molar-refractivity contribution >= 4 is 17.8 Å². The monoisotopic (exact) mass is 339 g/mol.